The maximum Gasteiger partial charge on any atom is 0.0638 e. The maximum absolute atomic E-state index is 9.27. The van der Waals surface area contributed by atoms with E-state index in [1.807, 2.05) is 11.7 Å². The second-order valence-electron chi connectivity index (χ2n) is 5.81. The molecule has 0 saturated carbocycles. The van der Waals surface area contributed by atoms with Crippen molar-refractivity contribution < 1.29 is 5.11 Å². The number of aromatic nitrogens is 2. The Hall–Kier alpha value is -0.910. The Bertz CT molecular complexity index is 405. The number of hydrogen-bond donors (Lipinski definition) is 2. The van der Waals surface area contributed by atoms with E-state index in [9.17, 15) is 5.11 Å². The minimum Gasteiger partial charge on any atom is -0.395 e. The van der Waals surface area contributed by atoms with E-state index in [4.69, 9.17) is 0 Å². The molecule has 1 unspecified atom stereocenters. The lowest BCUT2D eigenvalue weighted by molar-refractivity contribution is 0.157. The van der Waals surface area contributed by atoms with Crippen LogP contribution in [0.2, 0.25) is 0 Å². The molecule has 0 spiro atoms. The first-order chi connectivity index (χ1) is 9.70. The Kier molecular flexibility index (Phi) is 6.01. The Balaban J connectivity index is 1.55. The van der Waals surface area contributed by atoms with E-state index in [1.165, 1.54) is 24.8 Å². The highest BCUT2D eigenvalue weighted by atomic mass is 16.3. The fourth-order valence-corrected chi connectivity index (χ4v) is 3.01. The first-order valence-electron chi connectivity index (χ1n) is 7.75. The topological polar surface area (TPSA) is 53.3 Å². The largest absolute Gasteiger partial charge is 0.395 e. The molecule has 1 aromatic heterocycles. The molecule has 1 atom stereocenters. The fourth-order valence-electron chi connectivity index (χ4n) is 3.01. The number of rotatable bonds is 8. The number of unbranched alkanes of at least 4 members (excludes halogenated alkanes) is 1. The quantitative estimate of drug-likeness (QED) is 0.699. The van der Waals surface area contributed by atoms with Crippen molar-refractivity contribution in [2.45, 2.75) is 45.2 Å². The zero-order valence-corrected chi connectivity index (χ0v) is 12.8. The highest BCUT2D eigenvalue weighted by Crippen LogP contribution is 2.16. The molecule has 1 aliphatic heterocycles. The number of nitrogens with one attached hydrogen (secondary N) is 1. The monoisotopic (exact) mass is 280 g/mol. The average Bonchev–Trinajstić information content (AvgIpc) is 3.00. The number of aliphatic hydroxyl groups is 1. The van der Waals surface area contributed by atoms with Crippen molar-refractivity contribution in [3.05, 3.63) is 17.5 Å². The Morgan fingerprint density at radius 2 is 2.30 bits per heavy atom. The van der Waals surface area contributed by atoms with Crippen molar-refractivity contribution in [3.8, 4) is 0 Å². The van der Waals surface area contributed by atoms with Gasteiger partial charge in [-0.1, -0.05) is 0 Å². The van der Waals surface area contributed by atoms with Crippen LogP contribution in [0.1, 0.15) is 36.9 Å². The predicted molar refractivity (Wildman–Crippen MR) is 80.6 cm³/mol. The van der Waals surface area contributed by atoms with Crippen LogP contribution in [-0.4, -0.2) is 52.1 Å². The Labute approximate surface area is 122 Å². The number of likely N-dealkylation sites (tertiary alicyclic amines) is 1. The van der Waals surface area contributed by atoms with Gasteiger partial charge in [-0.3, -0.25) is 9.58 Å². The van der Waals surface area contributed by atoms with Crippen LogP contribution >= 0.6 is 0 Å². The molecule has 0 amide bonds. The van der Waals surface area contributed by atoms with Crippen LogP contribution in [-0.2, 0) is 13.6 Å². The van der Waals surface area contributed by atoms with Crippen molar-refractivity contribution in [2.24, 2.45) is 7.05 Å². The van der Waals surface area contributed by atoms with Crippen LogP contribution < -0.4 is 5.32 Å². The van der Waals surface area contributed by atoms with Gasteiger partial charge in [0.15, 0.2) is 0 Å². The molecule has 5 heteroatoms. The number of aryl methyl sites for hydroxylation is 2. The summed E-state index contributed by atoms with van der Waals surface area (Å²) in [6.07, 6.45) is 6.88. The normalized spacial score (nSPS) is 19.9. The van der Waals surface area contributed by atoms with Gasteiger partial charge in [0.1, 0.15) is 0 Å². The lowest BCUT2D eigenvalue weighted by atomic mass is 10.2. The summed E-state index contributed by atoms with van der Waals surface area (Å²) in [6, 6.07) is 0.418. The summed E-state index contributed by atoms with van der Waals surface area (Å²) >= 11 is 0. The van der Waals surface area contributed by atoms with Gasteiger partial charge in [0.2, 0.25) is 0 Å². The van der Waals surface area contributed by atoms with Gasteiger partial charge in [0.05, 0.1) is 12.3 Å². The van der Waals surface area contributed by atoms with E-state index >= 15 is 0 Å². The average molecular weight is 280 g/mol. The Morgan fingerprint density at radius 1 is 1.45 bits per heavy atom. The molecule has 1 saturated heterocycles. The molecule has 0 aliphatic carbocycles. The van der Waals surface area contributed by atoms with Crippen molar-refractivity contribution in [1.29, 1.82) is 0 Å². The molecular weight excluding hydrogens is 252 g/mol. The van der Waals surface area contributed by atoms with E-state index in [1.54, 1.807) is 0 Å². The molecule has 5 nitrogen and oxygen atoms in total. The van der Waals surface area contributed by atoms with Gasteiger partial charge in [0.25, 0.3) is 0 Å². The molecule has 0 bridgehead atoms. The molecule has 20 heavy (non-hydrogen) atoms. The van der Waals surface area contributed by atoms with Gasteiger partial charge >= 0.3 is 0 Å². The Morgan fingerprint density at radius 3 is 3.00 bits per heavy atom. The minimum atomic E-state index is 0.318. The summed E-state index contributed by atoms with van der Waals surface area (Å²) in [7, 11) is 1.96. The lowest BCUT2D eigenvalue weighted by Gasteiger charge is -2.22. The SMILES string of the molecule is Cc1nn(C)cc1CNCCCCN1CCCC1CO. The van der Waals surface area contributed by atoms with E-state index in [0.717, 1.165) is 38.3 Å². The third-order valence-corrected chi connectivity index (χ3v) is 4.19. The van der Waals surface area contributed by atoms with E-state index in [0.29, 0.717) is 12.6 Å². The molecule has 2 rings (SSSR count). The van der Waals surface area contributed by atoms with E-state index < -0.39 is 0 Å². The summed E-state index contributed by atoms with van der Waals surface area (Å²) in [4.78, 5) is 2.44. The van der Waals surface area contributed by atoms with Crippen LogP contribution in [0.5, 0.6) is 0 Å². The molecule has 1 aromatic rings. The van der Waals surface area contributed by atoms with E-state index in [-0.39, 0.29) is 0 Å². The second-order valence-corrected chi connectivity index (χ2v) is 5.81. The molecular formula is C15H28N4O. The molecule has 0 radical (unpaired) electrons. The zero-order chi connectivity index (χ0) is 14.4. The molecule has 2 heterocycles. The van der Waals surface area contributed by atoms with Crippen LogP contribution in [0.25, 0.3) is 0 Å². The molecule has 0 aromatic carbocycles. The van der Waals surface area contributed by atoms with Gasteiger partial charge in [-0.05, 0) is 52.2 Å². The molecule has 1 aliphatic rings. The second kappa shape index (κ2) is 7.76. The number of aliphatic hydroxyl groups excluding tert-OH is 1. The van der Waals surface area contributed by atoms with Crippen LogP contribution in [0.4, 0.5) is 0 Å². The summed E-state index contributed by atoms with van der Waals surface area (Å²) in [6.45, 7) is 6.61. The summed E-state index contributed by atoms with van der Waals surface area (Å²) in [5.74, 6) is 0. The van der Waals surface area contributed by atoms with Crippen molar-refractivity contribution in [3.63, 3.8) is 0 Å². The standard InChI is InChI=1S/C15H28N4O/c1-13-14(11-18(2)17-13)10-16-7-3-4-8-19-9-5-6-15(19)12-20/h11,15-16,20H,3-10,12H2,1-2H3. The number of nitrogens with zero attached hydrogens (tertiary/aromatic N) is 3. The van der Waals surface area contributed by atoms with Crippen molar-refractivity contribution in [1.82, 2.24) is 20.0 Å². The third kappa shape index (κ3) is 4.30. The van der Waals surface area contributed by atoms with Gasteiger partial charge < -0.3 is 10.4 Å². The summed E-state index contributed by atoms with van der Waals surface area (Å²) in [5, 5.41) is 17.1. The van der Waals surface area contributed by atoms with Gasteiger partial charge in [-0.15, -0.1) is 0 Å². The first kappa shape index (κ1) is 15.5. The predicted octanol–water partition coefficient (Wildman–Crippen LogP) is 1.06. The molecule has 1 fully saturated rings. The maximum atomic E-state index is 9.27. The van der Waals surface area contributed by atoms with Gasteiger partial charge in [-0.25, -0.2) is 0 Å². The highest BCUT2D eigenvalue weighted by Gasteiger charge is 2.22. The third-order valence-electron chi connectivity index (χ3n) is 4.19. The highest BCUT2D eigenvalue weighted by molar-refractivity contribution is 5.14. The van der Waals surface area contributed by atoms with E-state index in [2.05, 4.69) is 28.4 Å². The van der Waals surface area contributed by atoms with Crippen LogP contribution in [0.15, 0.2) is 6.20 Å². The zero-order valence-electron chi connectivity index (χ0n) is 12.8. The van der Waals surface area contributed by atoms with Gasteiger partial charge in [0, 0.05) is 31.4 Å². The van der Waals surface area contributed by atoms with Crippen LogP contribution in [0, 0.1) is 6.92 Å². The summed E-state index contributed by atoms with van der Waals surface area (Å²) < 4.78 is 1.87. The summed E-state index contributed by atoms with van der Waals surface area (Å²) in [5.41, 5.74) is 2.40. The fraction of sp³-hybridized carbons (Fsp3) is 0.800. The minimum absolute atomic E-state index is 0.318. The van der Waals surface area contributed by atoms with Crippen molar-refractivity contribution >= 4 is 0 Å². The first-order valence-corrected chi connectivity index (χ1v) is 7.75. The lowest BCUT2D eigenvalue weighted by Crippen LogP contribution is -2.33. The smallest absolute Gasteiger partial charge is 0.0638 e. The molecule has 114 valence electrons. The van der Waals surface area contributed by atoms with Crippen molar-refractivity contribution in [2.75, 3.05) is 26.2 Å². The van der Waals surface area contributed by atoms with Crippen LogP contribution in [0.3, 0.4) is 0 Å². The molecule has 2 N–H and O–H groups in total. The number of hydrogen-bond acceptors (Lipinski definition) is 4. The van der Waals surface area contributed by atoms with Gasteiger partial charge in [-0.2, -0.15) is 5.10 Å².